The first kappa shape index (κ1) is 35.7. The van der Waals surface area contributed by atoms with E-state index in [9.17, 15) is 59.6 Å². The molecule has 2 heterocycles. The first-order valence-corrected chi connectivity index (χ1v) is 12.7. The largest absolute Gasteiger partial charge is 0.400 e. The maximum atomic E-state index is 11.9. The number of nitrogens with zero attached hydrogens (tertiary/aromatic N) is 6. The van der Waals surface area contributed by atoms with Crippen LogP contribution in [0.15, 0.2) is 36.4 Å². The average Bonchev–Trinajstić information content (AvgIpc) is 3.55. The third-order valence-electron chi connectivity index (χ3n) is 6.38. The Labute approximate surface area is 256 Å². The highest BCUT2D eigenvalue weighted by molar-refractivity contribution is 6.00. The zero-order valence-electron chi connectivity index (χ0n) is 23.6. The van der Waals surface area contributed by atoms with Crippen molar-refractivity contribution in [1.29, 1.82) is 0 Å². The van der Waals surface area contributed by atoms with Gasteiger partial charge >= 0.3 is 12.1 Å². The van der Waals surface area contributed by atoms with Gasteiger partial charge in [0.1, 0.15) is 23.5 Å². The molecule has 0 radical (unpaired) electrons. The number of nitrogens with one attached hydrogen (secondary N) is 2. The number of hydrogen-bond acceptors (Lipinski definition) is 15. The normalized spacial score (nSPS) is 16.7. The molecule has 23 nitrogen and oxygen atoms in total. The molecule has 0 aromatic heterocycles. The molecule has 2 aliphatic rings. The fraction of sp³-hybridized carbons (Fsp3) is 0.304. The summed E-state index contributed by atoms with van der Waals surface area (Å²) in [6, 6.07) is 2.57. The van der Waals surface area contributed by atoms with Crippen molar-refractivity contribution < 1.29 is 44.0 Å². The molecule has 4 rings (SSSR count). The molecule has 2 aromatic rings. The van der Waals surface area contributed by atoms with Crippen molar-refractivity contribution in [2.45, 2.75) is 24.9 Å². The Hall–Kier alpha value is -6.52. The van der Waals surface area contributed by atoms with Crippen LogP contribution in [-0.2, 0) is 9.59 Å². The number of nitro benzene ring substituents is 4. The predicted molar refractivity (Wildman–Crippen MR) is 154 cm³/mol. The van der Waals surface area contributed by atoms with Gasteiger partial charge in [-0.15, -0.1) is 0 Å². The number of amides is 6. The van der Waals surface area contributed by atoms with Crippen LogP contribution in [0.2, 0.25) is 0 Å². The number of nitrogens with two attached hydrogens (primary N) is 2. The highest BCUT2D eigenvalue weighted by Crippen LogP contribution is 2.32. The van der Waals surface area contributed by atoms with E-state index in [2.05, 4.69) is 10.6 Å². The molecule has 2 saturated heterocycles. The third kappa shape index (κ3) is 8.31. The van der Waals surface area contributed by atoms with Crippen LogP contribution in [0.3, 0.4) is 0 Å². The van der Waals surface area contributed by atoms with Crippen LogP contribution in [0.5, 0.6) is 0 Å². The molecule has 0 unspecified atom stereocenters. The zero-order chi connectivity index (χ0) is 34.9. The minimum Gasteiger partial charge on any atom is -0.400 e. The number of imide groups is 2. The minimum atomic E-state index is -0.896. The lowest BCUT2D eigenvalue weighted by Gasteiger charge is -2.14. The van der Waals surface area contributed by atoms with Gasteiger partial charge in [-0.05, 0) is 25.0 Å². The molecule has 0 saturated carbocycles. The molecule has 0 aliphatic carbocycles. The van der Waals surface area contributed by atoms with Crippen molar-refractivity contribution >= 4 is 58.0 Å². The molecule has 2 fully saturated rings. The third-order valence-corrected chi connectivity index (χ3v) is 6.38. The van der Waals surface area contributed by atoms with Crippen molar-refractivity contribution in [3.05, 3.63) is 76.9 Å². The number of aliphatic hydroxyl groups is 1. The second kappa shape index (κ2) is 15.3. The number of anilines is 2. The second-order valence-corrected chi connectivity index (χ2v) is 9.06. The summed E-state index contributed by atoms with van der Waals surface area (Å²) in [6.07, 6.45) is 0.464. The van der Waals surface area contributed by atoms with Gasteiger partial charge in [0.2, 0.25) is 0 Å². The molecular weight excluding hydrogens is 624 g/mol. The Balaban J connectivity index is 0.000000304. The second-order valence-electron chi connectivity index (χ2n) is 9.06. The maximum absolute atomic E-state index is 11.9. The number of likely N-dealkylation sites (tertiary alicyclic amines) is 2. The van der Waals surface area contributed by atoms with E-state index >= 15 is 0 Å². The van der Waals surface area contributed by atoms with E-state index in [0.29, 0.717) is 0 Å². The molecule has 23 heteroatoms. The fourth-order valence-corrected chi connectivity index (χ4v) is 4.25. The van der Waals surface area contributed by atoms with Gasteiger partial charge in [0, 0.05) is 32.3 Å². The summed E-state index contributed by atoms with van der Waals surface area (Å²) in [7, 11) is 1.00. The van der Waals surface area contributed by atoms with Crippen LogP contribution in [0.4, 0.5) is 43.7 Å². The van der Waals surface area contributed by atoms with Gasteiger partial charge in [0.05, 0.1) is 31.8 Å². The number of primary amides is 2. The Bertz CT molecular complexity index is 1470. The molecule has 0 bridgehead atoms. The molecule has 46 heavy (non-hydrogen) atoms. The summed E-state index contributed by atoms with van der Waals surface area (Å²) < 4.78 is 0. The van der Waals surface area contributed by atoms with Crippen molar-refractivity contribution in [1.82, 2.24) is 9.80 Å². The van der Waals surface area contributed by atoms with Crippen LogP contribution < -0.4 is 22.1 Å². The molecule has 6 amide bonds. The van der Waals surface area contributed by atoms with Crippen molar-refractivity contribution in [3.8, 4) is 0 Å². The highest BCUT2D eigenvalue weighted by Gasteiger charge is 2.37. The Morgan fingerprint density at radius 2 is 1.02 bits per heavy atom. The number of benzene rings is 2. The average molecular weight is 651 g/mol. The molecule has 0 spiro atoms. The van der Waals surface area contributed by atoms with Gasteiger partial charge in [-0.2, -0.15) is 0 Å². The van der Waals surface area contributed by atoms with Crippen LogP contribution in [0.1, 0.15) is 12.8 Å². The number of urea groups is 2. The lowest BCUT2D eigenvalue weighted by atomic mass is 10.2. The smallest absolute Gasteiger partial charge is 0.321 e. The first-order chi connectivity index (χ1) is 21.6. The van der Waals surface area contributed by atoms with E-state index in [1.165, 1.54) is 0 Å². The molecule has 2 aliphatic heterocycles. The van der Waals surface area contributed by atoms with Crippen LogP contribution in [-0.4, -0.2) is 90.8 Å². The van der Waals surface area contributed by atoms with Gasteiger partial charge < -0.3 is 27.2 Å². The molecule has 2 aromatic carbocycles. The topological polar surface area (TPSA) is 344 Å². The van der Waals surface area contributed by atoms with Gasteiger partial charge in [-0.3, -0.25) is 59.8 Å². The quantitative estimate of drug-likeness (QED) is 0.195. The van der Waals surface area contributed by atoms with Gasteiger partial charge in [-0.1, -0.05) is 0 Å². The zero-order valence-corrected chi connectivity index (χ0v) is 23.6. The SMILES string of the molecule is CO.NC(=O)N1CC[C@H](Nc2ccc([N+](=O)[O-])cc2[N+](=O)[O-])C1=O.NC(=O)N1CC[C@H](Nc2ccc([N+](=O)[O-])cc2[N+](=O)[O-])C1=O. The minimum absolute atomic E-state index is 0.0414. The van der Waals surface area contributed by atoms with E-state index in [4.69, 9.17) is 16.6 Å². The molecule has 7 N–H and O–H groups in total. The summed E-state index contributed by atoms with van der Waals surface area (Å²) >= 11 is 0. The summed E-state index contributed by atoms with van der Waals surface area (Å²) in [5.74, 6) is -1.19. The number of aliphatic hydroxyl groups excluding tert-OH is 1. The number of rotatable bonds is 8. The molecular formula is C23H26N10O13. The van der Waals surface area contributed by atoms with E-state index in [1.54, 1.807) is 0 Å². The van der Waals surface area contributed by atoms with Crippen LogP contribution in [0, 0.1) is 40.5 Å². The van der Waals surface area contributed by atoms with Crippen molar-refractivity contribution in [2.75, 3.05) is 30.8 Å². The Morgan fingerprint density at radius 3 is 1.26 bits per heavy atom. The van der Waals surface area contributed by atoms with Gasteiger partial charge in [0.25, 0.3) is 34.6 Å². The molecule has 2 atom stereocenters. The number of hydrogen-bond donors (Lipinski definition) is 5. The maximum Gasteiger partial charge on any atom is 0.321 e. The van der Waals surface area contributed by atoms with Crippen molar-refractivity contribution in [2.24, 2.45) is 11.5 Å². The highest BCUT2D eigenvalue weighted by atomic mass is 16.6. The van der Waals surface area contributed by atoms with Gasteiger partial charge in [0.15, 0.2) is 0 Å². The van der Waals surface area contributed by atoms with E-state index in [0.717, 1.165) is 53.3 Å². The van der Waals surface area contributed by atoms with Gasteiger partial charge in [-0.25, -0.2) is 9.59 Å². The molecule has 246 valence electrons. The predicted octanol–water partition coefficient (Wildman–Crippen LogP) is 0.798. The fourth-order valence-electron chi connectivity index (χ4n) is 4.25. The number of non-ortho nitro benzene ring substituents is 2. The van der Waals surface area contributed by atoms with Crippen molar-refractivity contribution in [3.63, 3.8) is 0 Å². The van der Waals surface area contributed by atoms with Crippen LogP contribution in [0.25, 0.3) is 0 Å². The lowest BCUT2D eigenvalue weighted by Crippen LogP contribution is -2.40. The van der Waals surface area contributed by atoms with E-state index in [-0.39, 0.29) is 37.3 Å². The number of nitro groups is 4. The van der Waals surface area contributed by atoms with E-state index < -0.39 is 78.4 Å². The summed E-state index contributed by atoms with van der Waals surface area (Å²) in [5.41, 5.74) is 8.05. The Kier molecular flexibility index (Phi) is 11.8. The summed E-state index contributed by atoms with van der Waals surface area (Å²) in [5, 5.41) is 55.6. The Morgan fingerprint density at radius 1 is 0.696 bits per heavy atom. The number of carbonyl (C=O) groups is 4. The standard InChI is InChI=1S/2C11H11N5O6.CH4O/c2*12-11(18)14-4-3-8(10(14)17)13-7-2-1-6(15(19)20)5-9(7)16(21)22;1-2/h2*1-2,5,8,13H,3-4H2,(H2,12,18);2H,1H3/t2*8-;/m00./s1. The summed E-state index contributed by atoms with van der Waals surface area (Å²) in [4.78, 5) is 87.7. The van der Waals surface area contributed by atoms with E-state index in [1.807, 2.05) is 0 Å². The lowest BCUT2D eigenvalue weighted by molar-refractivity contribution is -0.393. The summed E-state index contributed by atoms with van der Waals surface area (Å²) in [6.45, 7) is 0.208. The number of carbonyl (C=O) groups excluding carboxylic acids is 4. The monoisotopic (exact) mass is 650 g/mol. The van der Waals surface area contributed by atoms with Crippen LogP contribution >= 0.6 is 0 Å². The first-order valence-electron chi connectivity index (χ1n) is 12.7.